The molecule has 0 spiro atoms. The van der Waals surface area contributed by atoms with Crippen LogP contribution in [0.3, 0.4) is 0 Å². The van der Waals surface area contributed by atoms with E-state index in [2.05, 4.69) is 22.6 Å². The van der Waals surface area contributed by atoms with Crippen molar-refractivity contribution in [1.29, 1.82) is 0 Å². The maximum atomic E-state index is 13.9. The van der Waals surface area contributed by atoms with Crippen LogP contribution in [0.2, 0.25) is 0 Å². The number of amides is 2. The van der Waals surface area contributed by atoms with E-state index in [1.807, 2.05) is 70.2 Å². The fraction of sp³-hybridized carbons (Fsp3) is 0.233. The summed E-state index contributed by atoms with van der Waals surface area (Å²) in [7, 11) is 0. The minimum atomic E-state index is -0.481. The first-order valence-electron chi connectivity index (χ1n) is 12.4. The summed E-state index contributed by atoms with van der Waals surface area (Å²) in [6.07, 6.45) is 2.46. The maximum Gasteiger partial charge on any atom is 0.270 e. The fourth-order valence-electron chi connectivity index (χ4n) is 4.07. The van der Waals surface area contributed by atoms with Gasteiger partial charge in [-0.1, -0.05) is 31.2 Å². The topological polar surface area (TPSA) is 59.1 Å². The number of para-hydroxylation sites is 1. The lowest BCUT2D eigenvalue weighted by Gasteiger charge is -2.36. The Bertz CT molecular complexity index is 1420. The second-order valence-electron chi connectivity index (χ2n) is 8.84. The number of hydrogen-bond acceptors (Lipinski definition) is 5. The highest BCUT2D eigenvalue weighted by Gasteiger charge is 2.41. The highest BCUT2D eigenvalue weighted by molar-refractivity contribution is 14.1. The Morgan fingerprint density at radius 1 is 0.868 bits per heavy atom. The lowest BCUT2D eigenvalue weighted by molar-refractivity contribution is -0.120. The Morgan fingerprint density at radius 2 is 1.55 bits per heavy atom. The molecule has 1 fully saturated rings. The largest absolute Gasteiger partial charge is 0.490 e. The molecule has 196 valence electrons. The van der Waals surface area contributed by atoms with Crippen LogP contribution >= 0.6 is 34.8 Å². The van der Waals surface area contributed by atoms with E-state index in [-0.39, 0.29) is 10.7 Å². The van der Waals surface area contributed by atoms with E-state index in [1.54, 1.807) is 24.3 Å². The number of thiocarbonyl (C=S) groups is 1. The van der Waals surface area contributed by atoms with Crippen molar-refractivity contribution >= 4 is 69.2 Å². The summed E-state index contributed by atoms with van der Waals surface area (Å²) >= 11 is 7.93. The standard InChI is InChI=1S/C30H29IN2O4S/c1-5-14-37-27-25(31)17-21(18-26(27)36-6-2)16-24-28(34)32(22-10-8-7-9-11-22)30(38)33(29(24)35)23-13-12-19(3)20(4)15-23/h7-13,15-18H,5-6,14H2,1-4H3/b24-16+. The van der Waals surface area contributed by atoms with Gasteiger partial charge in [0.2, 0.25) is 0 Å². The summed E-state index contributed by atoms with van der Waals surface area (Å²) in [4.78, 5) is 30.5. The van der Waals surface area contributed by atoms with Crippen LogP contribution in [0.4, 0.5) is 11.4 Å². The van der Waals surface area contributed by atoms with E-state index in [0.29, 0.717) is 41.7 Å². The summed E-state index contributed by atoms with van der Waals surface area (Å²) in [6.45, 7) is 8.93. The predicted octanol–water partition coefficient (Wildman–Crippen LogP) is 6.84. The Kier molecular flexibility index (Phi) is 8.83. The highest BCUT2D eigenvalue weighted by Crippen LogP contribution is 2.36. The molecule has 0 aromatic heterocycles. The zero-order valence-electron chi connectivity index (χ0n) is 21.8. The number of nitrogens with zero attached hydrogens (tertiary/aromatic N) is 2. The van der Waals surface area contributed by atoms with Gasteiger partial charge in [-0.05, 0) is 121 Å². The van der Waals surface area contributed by atoms with Crippen molar-refractivity contribution in [2.45, 2.75) is 34.1 Å². The van der Waals surface area contributed by atoms with E-state index in [1.165, 1.54) is 9.80 Å². The van der Waals surface area contributed by atoms with Crippen LogP contribution in [0.25, 0.3) is 6.08 Å². The Labute approximate surface area is 242 Å². The molecule has 0 bridgehead atoms. The molecule has 3 aromatic carbocycles. The van der Waals surface area contributed by atoms with Gasteiger partial charge in [-0.2, -0.15) is 0 Å². The number of carbonyl (C=O) groups is 2. The molecular formula is C30H29IN2O4S. The third kappa shape index (κ3) is 5.61. The number of carbonyl (C=O) groups excluding carboxylic acids is 2. The van der Waals surface area contributed by atoms with Crippen LogP contribution in [0.5, 0.6) is 11.5 Å². The number of ether oxygens (including phenoxy) is 2. The molecule has 1 saturated heterocycles. The molecule has 6 nitrogen and oxygen atoms in total. The minimum Gasteiger partial charge on any atom is -0.490 e. The number of benzene rings is 3. The molecule has 0 atom stereocenters. The van der Waals surface area contributed by atoms with Crippen molar-refractivity contribution in [2.24, 2.45) is 0 Å². The summed E-state index contributed by atoms with van der Waals surface area (Å²) in [5, 5.41) is 0.111. The van der Waals surface area contributed by atoms with Gasteiger partial charge in [0.15, 0.2) is 16.6 Å². The van der Waals surface area contributed by atoms with E-state index in [4.69, 9.17) is 21.7 Å². The van der Waals surface area contributed by atoms with Gasteiger partial charge in [0.1, 0.15) is 5.57 Å². The second kappa shape index (κ2) is 12.1. The summed E-state index contributed by atoms with van der Waals surface area (Å²) < 4.78 is 12.6. The Hall–Kier alpha value is -3.24. The normalized spacial score (nSPS) is 14.9. The Morgan fingerprint density at radius 3 is 2.18 bits per heavy atom. The second-order valence-corrected chi connectivity index (χ2v) is 10.4. The van der Waals surface area contributed by atoms with Crippen molar-refractivity contribution in [2.75, 3.05) is 23.0 Å². The first-order valence-corrected chi connectivity index (χ1v) is 13.9. The molecule has 0 N–H and O–H groups in total. The Balaban J connectivity index is 1.86. The summed E-state index contributed by atoms with van der Waals surface area (Å²) in [6, 6.07) is 18.5. The highest BCUT2D eigenvalue weighted by atomic mass is 127. The van der Waals surface area contributed by atoms with Crippen LogP contribution < -0.4 is 19.3 Å². The molecule has 4 rings (SSSR count). The summed E-state index contributed by atoms with van der Waals surface area (Å²) in [5.74, 6) is 0.263. The molecule has 38 heavy (non-hydrogen) atoms. The number of rotatable bonds is 8. The molecule has 1 heterocycles. The van der Waals surface area contributed by atoms with Gasteiger partial charge in [-0.3, -0.25) is 19.4 Å². The van der Waals surface area contributed by atoms with Crippen molar-refractivity contribution in [3.05, 3.63) is 86.5 Å². The van der Waals surface area contributed by atoms with Gasteiger partial charge in [-0.15, -0.1) is 0 Å². The van der Waals surface area contributed by atoms with Gasteiger partial charge >= 0.3 is 0 Å². The molecule has 0 radical (unpaired) electrons. The van der Waals surface area contributed by atoms with E-state index < -0.39 is 11.8 Å². The van der Waals surface area contributed by atoms with Gasteiger partial charge in [-0.25, -0.2) is 0 Å². The average molecular weight is 641 g/mol. The van der Waals surface area contributed by atoms with E-state index in [9.17, 15) is 9.59 Å². The zero-order chi connectivity index (χ0) is 27.4. The lowest BCUT2D eigenvalue weighted by atomic mass is 10.0. The summed E-state index contributed by atoms with van der Waals surface area (Å²) in [5.41, 5.74) is 3.96. The molecule has 2 amide bonds. The van der Waals surface area contributed by atoms with Crippen molar-refractivity contribution in [1.82, 2.24) is 0 Å². The van der Waals surface area contributed by atoms with Crippen LogP contribution in [-0.4, -0.2) is 30.1 Å². The molecular weight excluding hydrogens is 611 g/mol. The SMILES string of the molecule is CCCOc1c(I)cc(/C=C2\C(=O)N(c3ccccc3)C(=S)N(c3ccc(C)c(C)c3)C2=O)cc1OCC. The third-order valence-corrected chi connectivity index (χ3v) is 7.27. The zero-order valence-corrected chi connectivity index (χ0v) is 24.8. The van der Waals surface area contributed by atoms with E-state index >= 15 is 0 Å². The van der Waals surface area contributed by atoms with Gasteiger partial charge in [0, 0.05) is 0 Å². The molecule has 0 saturated carbocycles. The molecule has 3 aromatic rings. The third-order valence-electron chi connectivity index (χ3n) is 6.11. The molecule has 1 aliphatic rings. The number of aryl methyl sites for hydroxylation is 2. The van der Waals surface area contributed by atoms with Crippen LogP contribution in [0.1, 0.15) is 37.0 Å². The number of halogens is 1. The maximum absolute atomic E-state index is 13.9. The van der Waals surface area contributed by atoms with Crippen LogP contribution in [-0.2, 0) is 9.59 Å². The average Bonchev–Trinajstić information content (AvgIpc) is 2.89. The van der Waals surface area contributed by atoms with Crippen LogP contribution in [0, 0.1) is 17.4 Å². The lowest BCUT2D eigenvalue weighted by Crippen LogP contribution is -2.57. The molecule has 1 aliphatic heterocycles. The minimum absolute atomic E-state index is 0.00107. The fourth-order valence-corrected chi connectivity index (χ4v) is 5.23. The van der Waals surface area contributed by atoms with Crippen molar-refractivity contribution in [3.8, 4) is 11.5 Å². The van der Waals surface area contributed by atoms with Crippen LogP contribution in [0.15, 0.2) is 66.2 Å². The number of anilines is 2. The monoisotopic (exact) mass is 640 g/mol. The van der Waals surface area contributed by atoms with E-state index in [0.717, 1.165) is 21.1 Å². The first-order chi connectivity index (χ1) is 18.3. The van der Waals surface area contributed by atoms with Gasteiger partial charge < -0.3 is 9.47 Å². The number of hydrogen-bond donors (Lipinski definition) is 0. The van der Waals surface area contributed by atoms with Crippen molar-refractivity contribution < 1.29 is 19.1 Å². The quantitative estimate of drug-likeness (QED) is 0.117. The smallest absolute Gasteiger partial charge is 0.270 e. The first kappa shape index (κ1) is 27.8. The van der Waals surface area contributed by atoms with Gasteiger partial charge in [0.05, 0.1) is 28.2 Å². The van der Waals surface area contributed by atoms with Crippen molar-refractivity contribution in [3.63, 3.8) is 0 Å². The predicted molar refractivity (Wildman–Crippen MR) is 164 cm³/mol. The molecule has 0 unspecified atom stereocenters. The van der Waals surface area contributed by atoms with Gasteiger partial charge in [0.25, 0.3) is 11.8 Å². The molecule has 0 aliphatic carbocycles. The molecule has 8 heteroatoms.